The SMILES string of the molecule is O=C(CCc1ccccc1)N1CCC(O)(Cn2cc(Br)c(Cl)cc2=O)CC1. The van der Waals surface area contributed by atoms with Crippen LogP contribution in [0.4, 0.5) is 0 Å². The molecule has 1 aromatic heterocycles. The van der Waals surface area contributed by atoms with Gasteiger partial charge < -0.3 is 14.6 Å². The second-order valence-corrected chi connectivity index (χ2v) is 8.29. The number of hydrogen-bond donors (Lipinski definition) is 1. The molecule has 7 heteroatoms. The van der Waals surface area contributed by atoms with Crippen molar-refractivity contribution in [2.75, 3.05) is 13.1 Å². The number of likely N-dealkylation sites (tertiary alicyclic amines) is 1. The van der Waals surface area contributed by atoms with Crippen molar-refractivity contribution in [2.45, 2.75) is 37.8 Å². The van der Waals surface area contributed by atoms with Crippen molar-refractivity contribution in [3.05, 3.63) is 68.0 Å². The van der Waals surface area contributed by atoms with E-state index in [1.54, 1.807) is 11.1 Å². The van der Waals surface area contributed by atoms with Crippen LogP contribution in [-0.2, 0) is 17.8 Å². The molecule has 0 aliphatic carbocycles. The van der Waals surface area contributed by atoms with E-state index in [1.807, 2.05) is 30.3 Å². The van der Waals surface area contributed by atoms with E-state index in [1.165, 1.54) is 10.6 Å². The smallest absolute Gasteiger partial charge is 0.252 e. The number of aryl methyl sites for hydroxylation is 1. The van der Waals surface area contributed by atoms with Crippen LogP contribution in [0, 0.1) is 0 Å². The van der Waals surface area contributed by atoms with Gasteiger partial charge >= 0.3 is 0 Å². The molecule has 2 heterocycles. The van der Waals surface area contributed by atoms with E-state index in [0.29, 0.717) is 48.3 Å². The molecule has 0 saturated carbocycles. The highest BCUT2D eigenvalue weighted by atomic mass is 79.9. The largest absolute Gasteiger partial charge is 0.388 e. The number of aliphatic hydroxyl groups is 1. The highest BCUT2D eigenvalue weighted by Crippen LogP contribution is 2.26. The summed E-state index contributed by atoms with van der Waals surface area (Å²) < 4.78 is 2.07. The molecule has 0 spiro atoms. The fourth-order valence-corrected chi connectivity index (χ4v) is 3.85. The zero-order valence-corrected chi connectivity index (χ0v) is 17.2. The molecule has 1 aliphatic rings. The highest BCUT2D eigenvalue weighted by molar-refractivity contribution is 9.10. The van der Waals surface area contributed by atoms with E-state index < -0.39 is 5.60 Å². The summed E-state index contributed by atoms with van der Waals surface area (Å²) in [5.74, 6) is 0.104. The third-order valence-corrected chi connectivity index (χ3v) is 6.19. The van der Waals surface area contributed by atoms with Crippen LogP contribution in [0.2, 0.25) is 5.02 Å². The first kappa shape index (κ1) is 20.1. The van der Waals surface area contributed by atoms with E-state index in [4.69, 9.17) is 11.6 Å². The van der Waals surface area contributed by atoms with Gasteiger partial charge in [-0.15, -0.1) is 0 Å². The zero-order chi connectivity index (χ0) is 19.4. The van der Waals surface area contributed by atoms with Crippen LogP contribution in [0.25, 0.3) is 0 Å². The molecule has 144 valence electrons. The molecule has 1 N–H and O–H groups in total. The molecule has 1 aromatic carbocycles. The molecule has 1 fully saturated rings. The Kier molecular flexibility index (Phi) is 6.40. The van der Waals surface area contributed by atoms with Gasteiger partial charge in [-0.1, -0.05) is 41.9 Å². The van der Waals surface area contributed by atoms with Gasteiger partial charge in [-0.2, -0.15) is 0 Å². The first-order valence-electron chi connectivity index (χ1n) is 8.96. The number of carbonyl (C=O) groups excluding carboxylic acids is 1. The Bertz CT molecular complexity index is 861. The first-order valence-corrected chi connectivity index (χ1v) is 10.1. The fourth-order valence-electron chi connectivity index (χ4n) is 3.35. The van der Waals surface area contributed by atoms with Crippen LogP contribution in [0.1, 0.15) is 24.8 Å². The number of amides is 1. The lowest BCUT2D eigenvalue weighted by Gasteiger charge is -2.38. The molecule has 1 amide bonds. The highest BCUT2D eigenvalue weighted by Gasteiger charge is 2.34. The molecular formula is C20H22BrClN2O3. The van der Waals surface area contributed by atoms with Crippen LogP contribution in [0.5, 0.6) is 0 Å². The second kappa shape index (κ2) is 8.59. The van der Waals surface area contributed by atoms with Crippen LogP contribution in [0.15, 0.2) is 51.9 Å². The van der Waals surface area contributed by atoms with Crippen molar-refractivity contribution in [3.63, 3.8) is 0 Å². The average Bonchev–Trinajstić information content (AvgIpc) is 2.65. The van der Waals surface area contributed by atoms with Crippen molar-refractivity contribution < 1.29 is 9.90 Å². The topological polar surface area (TPSA) is 62.5 Å². The third-order valence-electron chi connectivity index (χ3n) is 5.01. The molecule has 3 rings (SSSR count). The molecular weight excluding hydrogens is 432 g/mol. The second-order valence-electron chi connectivity index (χ2n) is 7.03. The van der Waals surface area contributed by atoms with Gasteiger partial charge in [0.1, 0.15) is 0 Å². The van der Waals surface area contributed by atoms with Crippen LogP contribution >= 0.6 is 27.5 Å². The normalized spacial score (nSPS) is 16.3. The predicted molar refractivity (Wildman–Crippen MR) is 109 cm³/mol. The third kappa shape index (κ3) is 5.21. The summed E-state index contributed by atoms with van der Waals surface area (Å²) in [5, 5.41) is 11.2. The fraction of sp³-hybridized carbons (Fsp3) is 0.400. The Morgan fingerprint density at radius 1 is 1.22 bits per heavy atom. The number of aromatic nitrogens is 1. The summed E-state index contributed by atoms with van der Waals surface area (Å²) in [5.41, 5.74) is -0.113. The van der Waals surface area contributed by atoms with Crippen molar-refractivity contribution in [2.24, 2.45) is 0 Å². The lowest BCUT2D eigenvalue weighted by atomic mass is 9.91. The summed E-state index contributed by atoms with van der Waals surface area (Å²) in [7, 11) is 0. The van der Waals surface area contributed by atoms with E-state index in [9.17, 15) is 14.7 Å². The summed E-state index contributed by atoms with van der Waals surface area (Å²) >= 11 is 9.23. The van der Waals surface area contributed by atoms with Gasteiger partial charge in [0.15, 0.2) is 0 Å². The average molecular weight is 454 g/mol. The maximum atomic E-state index is 12.4. The monoisotopic (exact) mass is 452 g/mol. The molecule has 1 saturated heterocycles. The molecule has 1 aliphatic heterocycles. The standard InChI is InChI=1S/C20H22BrClN2O3/c21-16-13-24(19(26)12-17(16)22)14-20(27)8-10-23(11-9-20)18(25)7-6-15-4-2-1-3-5-15/h1-5,12-13,27H,6-11,14H2. The number of hydrogen-bond acceptors (Lipinski definition) is 3. The minimum atomic E-state index is -1.01. The predicted octanol–water partition coefficient (Wildman–Crippen LogP) is 3.25. The molecule has 5 nitrogen and oxygen atoms in total. The molecule has 0 radical (unpaired) electrons. The minimum Gasteiger partial charge on any atom is -0.388 e. The van der Waals surface area contributed by atoms with Gasteiger partial charge in [0.25, 0.3) is 5.56 Å². The molecule has 0 atom stereocenters. The van der Waals surface area contributed by atoms with Crippen molar-refractivity contribution >= 4 is 33.4 Å². The van der Waals surface area contributed by atoms with Gasteiger partial charge in [-0.05, 0) is 40.8 Å². The summed E-state index contributed by atoms with van der Waals surface area (Å²) in [6, 6.07) is 11.3. The molecule has 27 heavy (non-hydrogen) atoms. The van der Waals surface area contributed by atoms with Gasteiger partial charge in [-0.25, -0.2) is 0 Å². The lowest BCUT2D eigenvalue weighted by molar-refractivity contribution is -0.135. The quantitative estimate of drug-likeness (QED) is 0.756. The van der Waals surface area contributed by atoms with E-state index in [-0.39, 0.29) is 18.0 Å². The first-order chi connectivity index (χ1) is 12.9. The van der Waals surface area contributed by atoms with E-state index in [0.717, 1.165) is 5.56 Å². The number of benzene rings is 1. The Morgan fingerprint density at radius 2 is 1.89 bits per heavy atom. The number of carbonyl (C=O) groups is 1. The van der Waals surface area contributed by atoms with Gasteiger partial charge in [0, 0.05) is 31.8 Å². The maximum absolute atomic E-state index is 12.4. The lowest BCUT2D eigenvalue weighted by Crippen LogP contribution is -2.49. The van der Waals surface area contributed by atoms with Gasteiger partial charge in [0.2, 0.25) is 5.91 Å². The Labute approximate surface area is 171 Å². The number of rotatable bonds is 5. The Balaban J connectivity index is 1.55. The van der Waals surface area contributed by atoms with E-state index in [2.05, 4.69) is 15.9 Å². The minimum absolute atomic E-state index is 0.104. The van der Waals surface area contributed by atoms with Crippen LogP contribution in [0.3, 0.4) is 0 Å². The number of nitrogens with zero attached hydrogens (tertiary/aromatic N) is 2. The number of piperidine rings is 1. The summed E-state index contributed by atoms with van der Waals surface area (Å²) in [4.78, 5) is 26.3. The molecule has 0 unspecified atom stereocenters. The molecule has 2 aromatic rings. The van der Waals surface area contributed by atoms with Gasteiger partial charge in [0.05, 0.1) is 21.6 Å². The summed E-state index contributed by atoms with van der Waals surface area (Å²) in [6.07, 6.45) is 3.66. The van der Waals surface area contributed by atoms with Crippen molar-refractivity contribution in [1.29, 1.82) is 0 Å². The molecule has 0 bridgehead atoms. The maximum Gasteiger partial charge on any atom is 0.252 e. The number of pyridine rings is 1. The Morgan fingerprint density at radius 3 is 2.56 bits per heavy atom. The zero-order valence-electron chi connectivity index (χ0n) is 14.9. The van der Waals surface area contributed by atoms with Crippen molar-refractivity contribution in [1.82, 2.24) is 9.47 Å². The summed E-state index contributed by atoms with van der Waals surface area (Å²) in [6.45, 7) is 1.18. The van der Waals surface area contributed by atoms with Crippen molar-refractivity contribution in [3.8, 4) is 0 Å². The Hall–Kier alpha value is -1.63. The van der Waals surface area contributed by atoms with E-state index >= 15 is 0 Å². The number of halogens is 2. The van der Waals surface area contributed by atoms with Gasteiger partial charge in [-0.3, -0.25) is 9.59 Å². The van der Waals surface area contributed by atoms with Crippen LogP contribution in [-0.4, -0.2) is 39.2 Å². The van der Waals surface area contributed by atoms with Crippen LogP contribution < -0.4 is 5.56 Å².